The molecule has 1 aromatic rings. The number of methoxy groups -OCH3 is 1. The summed E-state index contributed by atoms with van der Waals surface area (Å²) in [5.74, 6) is 0.546. The average molecular weight is 239 g/mol. The quantitative estimate of drug-likeness (QED) is 0.756. The van der Waals surface area contributed by atoms with Crippen molar-refractivity contribution in [3.8, 4) is 0 Å². The summed E-state index contributed by atoms with van der Waals surface area (Å²) in [6, 6.07) is 2.48. The highest BCUT2D eigenvalue weighted by molar-refractivity contribution is 5.07. The maximum atomic E-state index is 5.21. The second-order valence-electron chi connectivity index (χ2n) is 4.48. The van der Waals surface area contributed by atoms with Crippen molar-refractivity contribution >= 4 is 0 Å². The molecule has 4 heteroatoms. The maximum Gasteiger partial charge on any atom is 0.0553 e. The number of hydrogen-bond donors (Lipinski definition) is 1. The van der Waals surface area contributed by atoms with Crippen LogP contribution in [-0.2, 0) is 11.3 Å². The summed E-state index contributed by atoms with van der Waals surface area (Å²) >= 11 is 0. The highest BCUT2D eigenvalue weighted by Crippen LogP contribution is 2.21. The first-order valence-corrected chi connectivity index (χ1v) is 6.46. The highest BCUT2D eigenvalue weighted by atomic mass is 16.5. The van der Waals surface area contributed by atoms with E-state index in [1.807, 2.05) is 6.20 Å². The van der Waals surface area contributed by atoms with Crippen LogP contribution in [0.2, 0.25) is 0 Å². The molecule has 0 aliphatic heterocycles. The minimum atomic E-state index is 0.368. The Bertz CT molecular complexity index is 311. The summed E-state index contributed by atoms with van der Waals surface area (Å²) in [6.45, 7) is 9.18. The summed E-state index contributed by atoms with van der Waals surface area (Å²) in [5.41, 5.74) is 1.28. The summed E-state index contributed by atoms with van der Waals surface area (Å²) < 4.78 is 7.27. The molecule has 0 spiro atoms. The molecule has 0 fully saturated rings. The van der Waals surface area contributed by atoms with Crippen molar-refractivity contribution in [3.05, 3.63) is 18.0 Å². The van der Waals surface area contributed by atoms with Gasteiger partial charge in [-0.3, -0.25) is 4.68 Å². The van der Waals surface area contributed by atoms with E-state index in [0.717, 1.165) is 26.1 Å². The van der Waals surface area contributed by atoms with Crippen LogP contribution in [0.25, 0.3) is 0 Å². The lowest BCUT2D eigenvalue weighted by atomic mass is 10.00. The van der Waals surface area contributed by atoms with Crippen LogP contribution in [0.1, 0.15) is 38.9 Å². The van der Waals surface area contributed by atoms with Gasteiger partial charge in [-0.05, 0) is 31.9 Å². The second kappa shape index (κ2) is 7.45. The summed E-state index contributed by atoms with van der Waals surface area (Å²) in [5, 5.41) is 7.87. The molecule has 98 valence electrons. The van der Waals surface area contributed by atoms with Gasteiger partial charge in [0.2, 0.25) is 0 Å². The standard InChI is InChI=1S/C13H25N3O/c1-5-14-12(9-11(3)10-17-4)13-7-8-15-16(13)6-2/h7-8,11-12,14H,5-6,9-10H2,1-4H3. The molecule has 0 amide bonds. The van der Waals surface area contributed by atoms with Crippen LogP contribution in [0, 0.1) is 5.92 Å². The zero-order chi connectivity index (χ0) is 12.7. The zero-order valence-corrected chi connectivity index (χ0v) is 11.4. The Morgan fingerprint density at radius 3 is 2.82 bits per heavy atom. The van der Waals surface area contributed by atoms with Gasteiger partial charge >= 0.3 is 0 Å². The van der Waals surface area contributed by atoms with Gasteiger partial charge in [-0.2, -0.15) is 5.10 Å². The van der Waals surface area contributed by atoms with Crippen molar-refractivity contribution in [2.24, 2.45) is 5.92 Å². The second-order valence-corrected chi connectivity index (χ2v) is 4.48. The van der Waals surface area contributed by atoms with E-state index < -0.39 is 0 Å². The first-order valence-electron chi connectivity index (χ1n) is 6.46. The van der Waals surface area contributed by atoms with Crippen molar-refractivity contribution in [1.29, 1.82) is 0 Å². The first-order chi connectivity index (χ1) is 8.22. The van der Waals surface area contributed by atoms with E-state index in [-0.39, 0.29) is 0 Å². The molecule has 0 bridgehead atoms. The number of ether oxygens (including phenoxy) is 1. The third-order valence-corrected chi connectivity index (χ3v) is 2.95. The summed E-state index contributed by atoms with van der Waals surface area (Å²) in [4.78, 5) is 0. The molecular formula is C13H25N3O. The fraction of sp³-hybridized carbons (Fsp3) is 0.769. The van der Waals surface area contributed by atoms with Gasteiger partial charge in [-0.15, -0.1) is 0 Å². The predicted octanol–water partition coefficient (Wildman–Crippen LogP) is 2.23. The largest absolute Gasteiger partial charge is 0.384 e. The molecule has 0 aliphatic carbocycles. The zero-order valence-electron chi connectivity index (χ0n) is 11.4. The first kappa shape index (κ1) is 14.2. The van der Waals surface area contributed by atoms with Crippen LogP contribution in [0.5, 0.6) is 0 Å². The van der Waals surface area contributed by atoms with E-state index >= 15 is 0 Å². The van der Waals surface area contributed by atoms with Crippen molar-refractivity contribution < 1.29 is 4.74 Å². The SMILES string of the molecule is CCNC(CC(C)COC)c1ccnn1CC. The number of nitrogens with zero attached hydrogens (tertiary/aromatic N) is 2. The van der Waals surface area contributed by atoms with Gasteiger partial charge in [0.1, 0.15) is 0 Å². The predicted molar refractivity (Wildman–Crippen MR) is 70.0 cm³/mol. The fourth-order valence-electron chi connectivity index (χ4n) is 2.21. The van der Waals surface area contributed by atoms with Crippen LogP contribution in [-0.4, -0.2) is 30.0 Å². The molecule has 2 unspecified atom stereocenters. The molecule has 1 rings (SSSR count). The monoisotopic (exact) mass is 239 g/mol. The minimum Gasteiger partial charge on any atom is -0.384 e. The van der Waals surface area contributed by atoms with Crippen molar-refractivity contribution in [2.45, 2.75) is 39.8 Å². The van der Waals surface area contributed by atoms with Crippen LogP contribution in [0.15, 0.2) is 12.3 Å². The molecule has 0 radical (unpaired) electrons. The third-order valence-electron chi connectivity index (χ3n) is 2.95. The Morgan fingerprint density at radius 1 is 1.47 bits per heavy atom. The molecule has 1 aromatic heterocycles. The smallest absolute Gasteiger partial charge is 0.0553 e. The van der Waals surface area contributed by atoms with Crippen LogP contribution in [0.3, 0.4) is 0 Å². The van der Waals surface area contributed by atoms with Gasteiger partial charge in [0.05, 0.1) is 5.69 Å². The topological polar surface area (TPSA) is 39.1 Å². The number of hydrogen-bond acceptors (Lipinski definition) is 3. The Balaban J connectivity index is 2.71. The Kier molecular flexibility index (Phi) is 6.22. The van der Waals surface area contributed by atoms with Gasteiger partial charge in [0.25, 0.3) is 0 Å². The third kappa shape index (κ3) is 4.13. The maximum absolute atomic E-state index is 5.21. The van der Waals surface area contributed by atoms with Crippen molar-refractivity contribution in [2.75, 3.05) is 20.3 Å². The molecule has 17 heavy (non-hydrogen) atoms. The molecule has 0 aliphatic rings. The molecular weight excluding hydrogens is 214 g/mol. The molecule has 0 aromatic carbocycles. The molecule has 0 saturated heterocycles. The van der Waals surface area contributed by atoms with E-state index in [4.69, 9.17) is 4.74 Å². The Labute approximate surface area is 104 Å². The van der Waals surface area contributed by atoms with Gasteiger partial charge in [0.15, 0.2) is 0 Å². The number of aromatic nitrogens is 2. The molecule has 1 heterocycles. The van der Waals surface area contributed by atoms with E-state index in [2.05, 4.69) is 41.9 Å². The van der Waals surface area contributed by atoms with E-state index in [0.29, 0.717) is 12.0 Å². The number of nitrogens with one attached hydrogen (secondary N) is 1. The minimum absolute atomic E-state index is 0.368. The lowest BCUT2D eigenvalue weighted by molar-refractivity contribution is 0.148. The normalized spacial score (nSPS) is 14.8. The summed E-state index contributed by atoms with van der Waals surface area (Å²) in [6.07, 6.45) is 2.96. The molecule has 1 N–H and O–H groups in total. The van der Waals surface area contributed by atoms with E-state index in [9.17, 15) is 0 Å². The van der Waals surface area contributed by atoms with Gasteiger partial charge in [0, 0.05) is 32.5 Å². The Morgan fingerprint density at radius 2 is 2.24 bits per heavy atom. The average Bonchev–Trinajstić information content (AvgIpc) is 2.76. The lowest BCUT2D eigenvalue weighted by Gasteiger charge is -2.22. The van der Waals surface area contributed by atoms with E-state index in [1.54, 1.807) is 7.11 Å². The summed E-state index contributed by atoms with van der Waals surface area (Å²) in [7, 11) is 1.76. The lowest BCUT2D eigenvalue weighted by Crippen LogP contribution is -2.26. The van der Waals surface area contributed by atoms with E-state index in [1.165, 1.54) is 5.69 Å². The van der Waals surface area contributed by atoms with Gasteiger partial charge in [-0.1, -0.05) is 13.8 Å². The number of aryl methyl sites for hydroxylation is 1. The van der Waals surface area contributed by atoms with Gasteiger partial charge < -0.3 is 10.1 Å². The van der Waals surface area contributed by atoms with Gasteiger partial charge in [-0.25, -0.2) is 0 Å². The van der Waals surface area contributed by atoms with Crippen LogP contribution >= 0.6 is 0 Å². The highest BCUT2D eigenvalue weighted by Gasteiger charge is 2.17. The Hall–Kier alpha value is -0.870. The number of rotatable bonds is 8. The van der Waals surface area contributed by atoms with Crippen LogP contribution < -0.4 is 5.32 Å². The molecule has 0 saturated carbocycles. The van der Waals surface area contributed by atoms with Crippen molar-refractivity contribution in [1.82, 2.24) is 15.1 Å². The molecule has 4 nitrogen and oxygen atoms in total. The fourth-order valence-corrected chi connectivity index (χ4v) is 2.21. The van der Waals surface area contributed by atoms with Crippen LogP contribution in [0.4, 0.5) is 0 Å². The van der Waals surface area contributed by atoms with Crippen molar-refractivity contribution in [3.63, 3.8) is 0 Å². The molecule has 2 atom stereocenters.